The van der Waals surface area contributed by atoms with Crippen LogP contribution >= 0.6 is 0 Å². The highest BCUT2D eigenvalue weighted by molar-refractivity contribution is 5.92. The van der Waals surface area contributed by atoms with Gasteiger partial charge in [0.15, 0.2) is 17.0 Å². The number of furan rings is 1. The highest BCUT2D eigenvalue weighted by Crippen LogP contribution is 2.17. The van der Waals surface area contributed by atoms with E-state index in [9.17, 15) is 4.79 Å². The Balaban J connectivity index is 1.90. The quantitative estimate of drug-likeness (QED) is 0.691. The molecule has 8 heteroatoms. The van der Waals surface area contributed by atoms with Crippen molar-refractivity contribution in [1.82, 2.24) is 19.9 Å². The van der Waals surface area contributed by atoms with Crippen LogP contribution < -0.4 is 5.32 Å². The molecule has 0 bridgehead atoms. The van der Waals surface area contributed by atoms with Crippen LogP contribution in [-0.2, 0) is 11.3 Å². The second-order valence-electron chi connectivity index (χ2n) is 3.93. The Morgan fingerprint density at radius 3 is 3.15 bits per heavy atom. The molecule has 0 aliphatic heterocycles. The molecule has 3 heterocycles. The first-order valence-corrected chi connectivity index (χ1v) is 5.83. The lowest BCUT2D eigenvalue weighted by Crippen LogP contribution is -2.03. The first-order valence-electron chi connectivity index (χ1n) is 5.83. The molecule has 0 fully saturated rings. The molecule has 0 atom stereocenters. The number of hydrogen-bond donors (Lipinski definition) is 2. The van der Waals surface area contributed by atoms with Gasteiger partial charge in [-0.15, -0.1) is 0 Å². The van der Waals surface area contributed by atoms with E-state index in [1.165, 1.54) is 13.4 Å². The Kier molecular flexibility index (Phi) is 3.04. The minimum absolute atomic E-state index is 0.0871. The summed E-state index contributed by atoms with van der Waals surface area (Å²) in [6, 6.07) is 3.65. The fourth-order valence-electron chi connectivity index (χ4n) is 1.73. The largest absolute Gasteiger partial charge is 0.467 e. The Hall–Kier alpha value is -2.90. The molecular weight excluding hydrogens is 262 g/mol. The Bertz CT molecular complexity index is 735. The van der Waals surface area contributed by atoms with Crippen molar-refractivity contribution in [2.75, 3.05) is 12.4 Å². The third kappa shape index (κ3) is 2.18. The number of imidazole rings is 1. The molecule has 0 unspecified atom stereocenters. The van der Waals surface area contributed by atoms with Crippen molar-refractivity contribution in [3.05, 3.63) is 36.3 Å². The number of rotatable bonds is 4. The lowest BCUT2D eigenvalue weighted by molar-refractivity contribution is 0.0588. The average molecular weight is 273 g/mol. The van der Waals surface area contributed by atoms with E-state index in [1.807, 2.05) is 6.07 Å². The Morgan fingerprint density at radius 2 is 2.40 bits per heavy atom. The van der Waals surface area contributed by atoms with E-state index in [-0.39, 0.29) is 5.82 Å². The predicted octanol–water partition coefficient (Wildman–Crippen LogP) is 1.34. The zero-order valence-electron chi connectivity index (χ0n) is 10.6. The van der Waals surface area contributed by atoms with E-state index < -0.39 is 5.97 Å². The van der Waals surface area contributed by atoms with Crippen LogP contribution in [0.25, 0.3) is 11.2 Å². The summed E-state index contributed by atoms with van der Waals surface area (Å²) in [5.41, 5.74) is 0.932. The van der Waals surface area contributed by atoms with Crippen LogP contribution in [0.1, 0.15) is 16.4 Å². The molecule has 3 aromatic rings. The van der Waals surface area contributed by atoms with E-state index in [0.717, 1.165) is 5.76 Å². The molecule has 0 radical (unpaired) electrons. The molecule has 0 aliphatic rings. The molecule has 2 N–H and O–H groups in total. The fourth-order valence-corrected chi connectivity index (χ4v) is 1.73. The molecule has 8 nitrogen and oxygen atoms in total. The predicted molar refractivity (Wildman–Crippen MR) is 69.1 cm³/mol. The number of ether oxygens (including phenoxy) is 1. The Morgan fingerprint density at radius 1 is 1.50 bits per heavy atom. The highest BCUT2D eigenvalue weighted by atomic mass is 16.5. The maximum atomic E-state index is 11.4. The van der Waals surface area contributed by atoms with Crippen LogP contribution in [0, 0.1) is 0 Å². The van der Waals surface area contributed by atoms with Crippen molar-refractivity contribution in [3.63, 3.8) is 0 Å². The smallest absolute Gasteiger partial charge is 0.374 e. The van der Waals surface area contributed by atoms with Gasteiger partial charge in [-0.3, -0.25) is 0 Å². The van der Waals surface area contributed by atoms with E-state index in [4.69, 9.17) is 4.42 Å². The van der Waals surface area contributed by atoms with Crippen molar-refractivity contribution in [1.29, 1.82) is 0 Å². The normalized spacial score (nSPS) is 10.7. The molecule has 3 aromatic heterocycles. The summed E-state index contributed by atoms with van der Waals surface area (Å²) in [5, 5.41) is 3.08. The lowest BCUT2D eigenvalue weighted by atomic mass is 10.4. The van der Waals surface area contributed by atoms with Gasteiger partial charge in [0.05, 0.1) is 19.9 Å². The van der Waals surface area contributed by atoms with Gasteiger partial charge in [-0.1, -0.05) is 0 Å². The third-order valence-electron chi connectivity index (χ3n) is 2.67. The molecule has 102 valence electrons. The van der Waals surface area contributed by atoms with Crippen LogP contribution in [0.5, 0.6) is 0 Å². The van der Waals surface area contributed by atoms with Gasteiger partial charge in [-0.25, -0.2) is 19.7 Å². The number of aromatic nitrogens is 4. The summed E-state index contributed by atoms with van der Waals surface area (Å²) in [6.07, 6.45) is 2.97. The van der Waals surface area contributed by atoms with Gasteiger partial charge in [-0.2, -0.15) is 0 Å². The molecule has 3 rings (SSSR count). The SMILES string of the molecule is COC(=O)c1nc2c(NCc3ccco3)ncnc2[nH]1. The number of fused-ring (bicyclic) bond motifs is 1. The van der Waals surface area contributed by atoms with Gasteiger partial charge in [0.2, 0.25) is 5.82 Å². The number of nitrogens with one attached hydrogen (secondary N) is 2. The van der Waals surface area contributed by atoms with Crippen LogP contribution in [0.3, 0.4) is 0 Å². The van der Waals surface area contributed by atoms with E-state index >= 15 is 0 Å². The lowest BCUT2D eigenvalue weighted by Gasteiger charge is -2.02. The molecule has 0 saturated heterocycles. The minimum atomic E-state index is -0.556. The van der Waals surface area contributed by atoms with Crippen molar-refractivity contribution < 1.29 is 13.9 Å². The topological polar surface area (TPSA) is 106 Å². The molecule has 20 heavy (non-hydrogen) atoms. The Labute approximate surface area is 113 Å². The van der Waals surface area contributed by atoms with Crippen LogP contribution in [0.2, 0.25) is 0 Å². The van der Waals surface area contributed by atoms with Gasteiger partial charge >= 0.3 is 5.97 Å². The zero-order valence-corrected chi connectivity index (χ0v) is 10.6. The highest BCUT2D eigenvalue weighted by Gasteiger charge is 2.15. The van der Waals surface area contributed by atoms with Crippen molar-refractivity contribution in [3.8, 4) is 0 Å². The third-order valence-corrected chi connectivity index (χ3v) is 2.67. The molecule has 0 aliphatic carbocycles. The number of esters is 1. The van der Waals surface area contributed by atoms with Crippen molar-refractivity contribution >= 4 is 23.0 Å². The maximum absolute atomic E-state index is 11.4. The molecule has 0 aromatic carbocycles. The van der Waals surface area contributed by atoms with Crippen LogP contribution in [-0.4, -0.2) is 33.0 Å². The van der Waals surface area contributed by atoms with Gasteiger partial charge in [0.1, 0.15) is 12.1 Å². The van der Waals surface area contributed by atoms with Gasteiger partial charge in [0, 0.05) is 0 Å². The minimum Gasteiger partial charge on any atom is -0.467 e. The summed E-state index contributed by atoms with van der Waals surface area (Å²) in [4.78, 5) is 26.5. The number of nitrogens with zero attached hydrogens (tertiary/aromatic N) is 3. The first kappa shape index (κ1) is 12.2. The average Bonchev–Trinajstić information content (AvgIpc) is 3.13. The van der Waals surface area contributed by atoms with Crippen LogP contribution in [0.4, 0.5) is 5.82 Å². The number of hydrogen-bond acceptors (Lipinski definition) is 7. The van der Waals surface area contributed by atoms with Gasteiger partial charge in [-0.05, 0) is 12.1 Å². The summed E-state index contributed by atoms with van der Waals surface area (Å²) in [6.45, 7) is 0.458. The van der Waals surface area contributed by atoms with Gasteiger partial charge in [0.25, 0.3) is 0 Å². The molecule has 0 saturated carbocycles. The number of carbonyl (C=O) groups excluding carboxylic acids is 1. The summed E-state index contributed by atoms with van der Waals surface area (Å²) in [7, 11) is 1.29. The molecular formula is C12H11N5O3. The van der Waals surface area contributed by atoms with Crippen molar-refractivity contribution in [2.24, 2.45) is 0 Å². The zero-order chi connectivity index (χ0) is 13.9. The number of carbonyl (C=O) groups is 1. The number of H-pyrrole nitrogens is 1. The van der Waals surface area contributed by atoms with E-state index in [0.29, 0.717) is 23.5 Å². The fraction of sp³-hybridized carbons (Fsp3) is 0.167. The summed E-state index contributed by atoms with van der Waals surface area (Å²) < 4.78 is 9.83. The number of aromatic amines is 1. The van der Waals surface area contributed by atoms with E-state index in [1.54, 1.807) is 12.3 Å². The second-order valence-corrected chi connectivity index (χ2v) is 3.93. The summed E-state index contributed by atoms with van der Waals surface area (Å²) >= 11 is 0. The second kappa shape index (κ2) is 5.00. The summed E-state index contributed by atoms with van der Waals surface area (Å²) in [5.74, 6) is 0.808. The first-order chi connectivity index (χ1) is 9.78. The van der Waals surface area contributed by atoms with E-state index in [2.05, 4.69) is 30.0 Å². The molecule has 0 spiro atoms. The number of anilines is 1. The standard InChI is InChI=1S/C12H11N5O3/c1-19-12(18)11-16-8-9(14-6-15-10(8)17-11)13-5-7-3-2-4-20-7/h2-4,6H,5H2,1H3,(H2,13,14,15,16,17). The van der Waals surface area contributed by atoms with Gasteiger partial charge < -0.3 is 19.5 Å². The monoisotopic (exact) mass is 273 g/mol. The maximum Gasteiger partial charge on any atom is 0.374 e. The van der Waals surface area contributed by atoms with Crippen molar-refractivity contribution in [2.45, 2.75) is 6.54 Å². The number of methoxy groups -OCH3 is 1. The van der Waals surface area contributed by atoms with Crippen LogP contribution in [0.15, 0.2) is 29.1 Å². The molecule has 0 amide bonds.